The molecule has 4 rings (SSSR count). The zero-order valence-corrected chi connectivity index (χ0v) is 16.4. The monoisotopic (exact) mass is 416 g/mol. The van der Waals surface area contributed by atoms with Crippen molar-refractivity contribution in [1.82, 2.24) is 0 Å². The van der Waals surface area contributed by atoms with E-state index in [4.69, 9.17) is 14.2 Å². The number of rotatable bonds is 3. The van der Waals surface area contributed by atoms with Crippen LogP contribution in [0.1, 0.15) is 42.9 Å². The normalized spacial score (nSPS) is 26.4. The molecule has 4 atom stereocenters. The fraction of sp³-hybridized carbons (Fsp3) is 0.381. The summed E-state index contributed by atoms with van der Waals surface area (Å²) < 4.78 is 18.3. The molecule has 0 N–H and O–H groups in total. The number of carbonyl (C=O) groups excluding carboxylic acids is 1. The van der Waals surface area contributed by atoms with Crippen molar-refractivity contribution in [3.63, 3.8) is 0 Å². The molecule has 1 aliphatic heterocycles. The van der Waals surface area contributed by atoms with Crippen LogP contribution in [0.25, 0.3) is 0 Å². The topological polar surface area (TPSA) is 44.8 Å². The molecule has 2 aromatic carbocycles. The number of methoxy groups -OCH3 is 1. The smallest absolute Gasteiger partial charge is 0.302 e. The lowest BCUT2D eigenvalue weighted by Crippen LogP contribution is -2.27. The van der Waals surface area contributed by atoms with Crippen molar-refractivity contribution >= 4 is 21.9 Å². The van der Waals surface area contributed by atoms with Crippen LogP contribution in [0.4, 0.5) is 0 Å². The number of esters is 1. The quantitative estimate of drug-likeness (QED) is 0.659. The number of ether oxygens (including phenoxy) is 3. The van der Waals surface area contributed by atoms with E-state index in [9.17, 15) is 4.79 Å². The van der Waals surface area contributed by atoms with Crippen LogP contribution in [0.5, 0.6) is 11.5 Å². The molecule has 2 aliphatic rings. The van der Waals surface area contributed by atoms with Gasteiger partial charge in [0.2, 0.25) is 0 Å². The number of hydrogen-bond donors (Lipinski definition) is 0. The molecule has 0 aromatic heterocycles. The van der Waals surface area contributed by atoms with Crippen LogP contribution in [-0.2, 0) is 9.53 Å². The molecule has 1 aliphatic carbocycles. The minimum atomic E-state index is -0.220. The Balaban J connectivity index is 1.76. The summed E-state index contributed by atoms with van der Waals surface area (Å²) in [5.41, 5.74) is 2.31. The Labute approximate surface area is 161 Å². The highest BCUT2D eigenvalue weighted by Crippen LogP contribution is 2.55. The first-order valence-electron chi connectivity index (χ1n) is 8.83. The van der Waals surface area contributed by atoms with Gasteiger partial charge >= 0.3 is 5.97 Å². The van der Waals surface area contributed by atoms with Crippen LogP contribution in [0, 0.1) is 5.92 Å². The van der Waals surface area contributed by atoms with E-state index >= 15 is 0 Å². The molecule has 0 spiro atoms. The molecule has 1 fully saturated rings. The largest absolute Gasteiger partial charge is 0.495 e. The van der Waals surface area contributed by atoms with E-state index in [1.165, 1.54) is 6.92 Å². The number of fused-ring (bicyclic) bond motifs is 3. The van der Waals surface area contributed by atoms with Crippen LogP contribution >= 0.6 is 15.9 Å². The summed E-state index contributed by atoms with van der Waals surface area (Å²) in [4.78, 5) is 11.5. The molecule has 2 aromatic rings. The van der Waals surface area contributed by atoms with Gasteiger partial charge in [-0.3, -0.25) is 4.79 Å². The van der Waals surface area contributed by atoms with Crippen molar-refractivity contribution in [1.29, 1.82) is 0 Å². The third-order valence-corrected chi connectivity index (χ3v) is 5.98. The van der Waals surface area contributed by atoms with Crippen molar-refractivity contribution in [3.05, 3.63) is 58.1 Å². The number of hydrogen-bond acceptors (Lipinski definition) is 4. The van der Waals surface area contributed by atoms with Gasteiger partial charge in [-0.05, 0) is 51.9 Å². The molecule has 0 amide bonds. The van der Waals surface area contributed by atoms with Gasteiger partial charge in [0.15, 0.2) is 0 Å². The molecule has 5 heteroatoms. The first-order valence-corrected chi connectivity index (χ1v) is 9.62. The molecular formula is C21H21BrO4. The predicted molar refractivity (Wildman–Crippen MR) is 102 cm³/mol. The minimum absolute atomic E-state index is 0.0554. The second kappa shape index (κ2) is 6.95. The maximum Gasteiger partial charge on any atom is 0.302 e. The summed E-state index contributed by atoms with van der Waals surface area (Å²) in [6.45, 7) is 1.47. The fourth-order valence-corrected chi connectivity index (χ4v) is 4.85. The summed E-state index contributed by atoms with van der Waals surface area (Å²) in [6, 6.07) is 14.3. The maximum atomic E-state index is 11.5. The van der Waals surface area contributed by atoms with Crippen molar-refractivity contribution < 1.29 is 19.0 Å². The Hall–Kier alpha value is -2.01. The Morgan fingerprint density at radius 2 is 1.96 bits per heavy atom. The number of benzene rings is 2. The van der Waals surface area contributed by atoms with Crippen LogP contribution < -0.4 is 9.47 Å². The molecule has 1 saturated carbocycles. The number of carbonyl (C=O) groups is 1. The van der Waals surface area contributed by atoms with Crippen LogP contribution in [0.15, 0.2) is 46.9 Å². The fourth-order valence-electron chi connectivity index (χ4n) is 4.33. The summed E-state index contributed by atoms with van der Waals surface area (Å²) in [6.07, 6.45) is 1.51. The van der Waals surface area contributed by atoms with E-state index in [0.717, 1.165) is 39.9 Å². The van der Waals surface area contributed by atoms with Gasteiger partial charge in [-0.15, -0.1) is 0 Å². The molecule has 0 bridgehead atoms. The zero-order chi connectivity index (χ0) is 18.3. The number of halogens is 1. The molecule has 4 nitrogen and oxygen atoms in total. The van der Waals surface area contributed by atoms with Crippen molar-refractivity contribution in [2.75, 3.05) is 7.11 Å². The average Bonchev–Trinajstić information content (AvgIpc) is 3.04. The van der Waals surface area contributed by atoms with Crippen molar-refractivity contribution in [3.8, 4) is 11.5 Å². The molecule has 1 unspecified atom stereocenters. The van der Waals surface area contributed by atoms with E-state index in [-0.39, 0.29) is 30.0 Å². The van der Waals surface area contributed by atoms with Gasteiger partial charge in [0.25, 0.3) is 0 Å². The summed E-state index contributed by atoms with van der Waals surface area (Å²) in [5.74, 6) is 1.94. The highest BCUT2D eigenvalue weighted by atomic mass is 79.9. The Morgan fingerprint density at radius 3 is 2.65 bits per heavy atom. The van der Waals surface area contributed by atoms with Crippen LogP contribution in [0.2, 0.25) is 0 Å². The summed E-state index contributed by atoms with van der Waals surface area (Å²) >= 11 is 3.58. The summed E-state index contributed by atoms with van der Waals surface area (Å²) in [7, 11) is 1.65. The molecule has 1 heterocycles. The lowest BCUT2D eigenvalue weighted by molar-refractivity contribution is -0.146. The van der Waals surface area contributed by atoms with E-state index < -0.39 is 0 Å². The van der Waals surface area contributed by atoms with Gasteiger partial charge in [-0.25, -0.2) is 0 Å². The van der Waals surface area contributed by atoms with Gasteiger partial charge < -0.3 is 14.2 Å². The average molecular weight is 417 g/mol. The van der Waals surface area contributed by atoms with Gasteiger partial charge in [-0.2, -0.15) is 0 Å². The van der Waals surface area contributed by atoms with Gasteiger partial charge in [0.05, 0.1) is 11.6 Å². The molecule has 0 radical (unpaired) electrons. The molecule has 0 saturated heterocycles. The zero-order valence-electron chi connectivity index (χ0n) is 14.8. The Morgan fingerprint density at radius 1 is 1.19 bits per heavy atom. The highest BCUT2D eigenvalue weighted by Gasteiger charge is 2.47. The SMILES string of the molecule is COc1cc2c(cc1Br)[C@H]1CC(OC(C)=O)C[C@@H]1[C@@H](c1ccccc1)O2. The predicted octanol–water partition coefficient (Wildman–Crippen LogP) is 5.02. The first kappa shape index (κ1) is 17.4. The van der Waals surface area contributed by atoms with Crippen molar-refractivity contribution in [2.45, 2.75) is 37.9 Å². The lowest BCUT2D eigenvalue weighted by Gasteiger charge is -2.36. The van der Waals surface area contributed by atoms with Crippen LogP contribution in [-0.4, -0.2) is 19.2 Å². The van der Waals surface area contributed by atoms with E-state index in [2.05, 4.69) is 34.1 Å². The van der Waals surface area contributed by atoms with Crippen molar-refractivity contribution in [2.24, 2.45) is 5.92 Å². The lowest BCUT2D eigenvalue weighted by atomic mass is 9.80. The van der Waals surface area contributed by atoms with Gasteiger partial charge in [0.1, 0.15) is 23.7 Å². The second-order valence-corrected chi connectivity index (χ2v) is 7.80. The van der Waals surface area contributed by atoms with E-state index in [1.54, 1.807) is 7.11 Å². The van der Waals surface area contributed by atoms with Gasteiger partial charge in [0, 0.05) is 18.9 Å². The third-order valence-electron chi connectivity index (χ3n) is 5.36. The Bertz CT molecular complexity index is 820. The Kier molecular flexibility index (Phi) is 4.65. The highest BCUT2D eigenvalue weighted by molar-refractivity contribution is 9.10. The van der Waals surface area contributed by atoms with Gasteiger partial charge in [-0.1, -0.05) is 30.3 Å². The third kappa shape index (κ3) is 3.09. The molecule has 26 heavy (non-hydrogen) atoms. The minimum Gasteiger partial charge on any atom is -0.495 e. The first-order chi connectivity index (χ1) is 12.6. The standard InChI is InChI=1S/C21H21BrO4/c1-12(23)25-14-8-15-16-10-18(22)20(24-2)11-19(16)26-21(17(15)9-14)13-6-4-3-5-7-13/h3-7,10-11,14-15,17,21H,8-9H2,1-2H3/t14?,15-,17+,21-/m1/s1. The van der Waals surface area contributed by atoms with E-state index in [0.29, 0.717) is 0 Å². The second-order valence-electron chi connectivity index (χ2n) is 6.95. The summed E-state index contributed by atoms with van der Waals surface area (Å²) in [5, 5.41) is 0. The molecule has 136 valence electrons. The maximum absolute atomic E-state index is 11.5. The van der Waals surface area contributed by atoms with E-state index in [1.807, 2.05) is 24.3 Å². The molecular weight excluding hydrogens is 396 g/mol. The van der Waals surface area contributed by atoms with Crippen LogP contribution in [0.3, 0.4) is 0 Å².